The van der Waals surface area contributed by atoms with Gasteiger partial charge in [-0.25, -0.2) is 9.18 Å². The number of esters is 1. The lowest BCUT2D eigenvalue weighted by Crippen LogP contribution is -2.17. The molecule has 0 aliphatic carbocycles. The van der Waals surface area contributed by atoms with Crippen LogP contribution < -0.4 is 5.32 Å². The monoisotopic (exact) mass is 301 g/mol. The zero-order valence-corrected chi connectivity index (χ0v) is 12.1. The minimum absolute atomic E-state index is 0.0947. The molecule has 0 aliphatic rings. The summed E-state index contributed by atoms with van der Waals surface area (Å²) in [6.07, 6.45) is 0.0947. The highest BCUT2D eigenvalue weighted by Crippen LogP contribution is 2.17. The Balaban J connectivity index is 2.08. The number of ether oxygens (including phenoxy) is 1. The van der Waals surface area contributed by atoms with Crippen LogP contribution in [0.15, 0.2) is 48.5 Å². The van der Waals surface area contributed by atoms with Gasteiger partial charge in [0.25, 0.3) is 0 Å². The average Bonchev–Trinajstić information content (AvgIpc) is 2.50. The van der Waals surface area contributed by atoms with Gasteiger partial charge in [0.1, 0.15) is 5.82 Å². The lowest BCUT2D eigenvalue weighted by atomic mass is 10.1. The predicted molar refractivity (Wildman–Crippen MR) is 81.1 cm³/mol. The Bertz CT molecular complexity index is 668. The zero-order valence-electron chi connectivity index (χ0n) is 12.1. The molecule has 0 bridgehead atoms. The van der Waals surface area contributed by atoms with Crippen LogP contribution in [0, 0.1) is 5.82 Å². The maximum atomic E-state index is 12.8. The third kappa shape index (κ3) is 4.15. The van der Waals surface area contributed by atoms with E-state index in [0.717, 1.165) is 0 Å². The molecule has 114 valence electrons. The molecule has 0 saturated heterocycles. The summed E-state index contributed by atoms with van der Waals surface area (Å²) < 4.78 is 17.8. The first-order valence-corrected chi connectivity index (χ1v) is 6.90. The molecule has 2 rings (SSSR count). The molecule has 0 saturated carbocycles. The van der Waals surface area contributed by atoms with Gasteiger partial charge in [0.05, 0.1) is 24.3 Å². The molecular weight excluding hydrogens is 285 g/mol. The maximum Gasteiger partial charge on any atom is 0.340 e. The molecule has 5 heteroatoms. The first-order chi connectivity index (χ1) is 10.6. The molecular formula is C17H16FNO3. The van der Waals surface area contributed by atoms with E-state index < -0.39 is 5.97 Å². The van der Waals surface area contributed by atoms with Crippen molar-refractivity contribution < 1.29 is 18.7 Å². The van der Waals surface area contributed by atoms with Crippen LogP contribution in [0.1, 0.15) is 22.8 Å². The second kappa shape index (κ2) is 7.36. The van der Waals surface area contributed by atoms with Crippen molar-refractivity contribution in [2.45, 2.75) is 13.3 Å². The van der Waals surface area contributed by atoms with Gasteiger partial charge in [0.2, 0.25) is 5.91 Å². The van der Waals surface area contributed by atoms with Crippen LogP contribution in [0.2, 0.25) is 0 Å². The third-order valence-corrected chi connectivity index (χ3v) is 2.97. The Morgan fingerprint density at radius 1 is 1.09 bits per heavy atom. The van der Waals surface area contributed by atoms with Crippen LogP contribution >= 0.6 is 0 Å². The molecule has 0 aliphatic heterocycles. The number of rotatable bonds is 5. The summed E-state index contributed by atoms with van der Waals surface area (Å²) in [5.41, 5.74) is 1.39. The van der Waals surface area contributed by atoms with Gasteiger partial charge in [0, 0.05) is 0 Å². The van der Waals surface area contributed by atoms with Gasteiger partial charge in [-0.3, -0.25) is 4.79 Å². The second-order valence-electron chi connectivity index (χ2n) is 4.62. The molecule has 4 nitrogen and oxygen atoms in total. The molecule has 1 N–H and O–H groups in total. The van der Waals surface area contributed by atoms with Gasteiger partial charge in [-0.15, -0.1) is 0 Å². The molecule has 0 heterocycles. The van der Waals surface area contributed by atoms with Crippen LogP contribution in [0.5, 0.6) is 0 Å². The zero-order chi connectivity index (χ0) is 15.9. The van der Waals surface area contributed by atoms with Gasteiger partial charge in [-0.2, -0.15) is 0 Å². The fourth-order valence-corrected chi connectivity index (χ4v) is 1.96. The van der Waals surface area contributed by atoms with E-state index in [9.17, 15) is 14.0 Å². The van der Waals surface area contributed by atoms with E-state index >= 15 is 0 Å². The number of hydrogen-bond donors (Lipinski definition) is 1. The summed E-state index contributed by atoms with van der Waals surface area (Å²) >= 11 is 0. The fourth-order valence-electron chi connectivity index (χ4n) is 1.96. The van der Waals surface area contributed by atoms with E-state index in [4.69, 9.17) is 4.74 Å². The van der Waals surface area contributed by atoms with Crippen LogP contribution in [0.25, 0.3) is 0 Å². The molecule has 0 fully saturated rings. The minimum Gasteiger partial charge on any atom is -0.462 e. The Hall–Kier alpha value is -2.69. The first kappa shape index (κ1) is 15.7. The highest BCUT2D eigenvalue weighted by atomic mass is 19.1. The van der Waals surface area contributed by atoms with E-state index in [1.165, 1.54) is 12.1 Å². The number of anilines is 1. The van der Waals surface area contributed by atoms with E-state index in [2.05, 4.69) is 5.32 Å². The summed E-state index contributed by atoms with van der Waals surface area (Å²) in [5.74, 6) is -1.12. The number of halogens is 1. The van der Waals surface area contributed by atoms with Gasteiger partial charge < -0.3 is 10.1 Å². The van der Waals surface area contributed by atoms with Crippen molar-refractivity contribution in [3.05, 3.63) is 65.5 Å². The van der Waals surface area contributed by atoms with Crippen molar-refractivity contribution in [1.82, 2.24) is 0 Å². The highest BCUT2D eigenvalue weighted by molar-refractivity contribution is 6.01. The van der Waals surface area contributed by atoms with Crippen molar-refractivity contribution in [2.75, 3.05) is 11.9 Å². The molecule has 0 atom stereocenters. The number of nitrogens with one attached hydrogen (secondary N) is 1. The summed E-state index contributed by atoms with van der Waals surface area (Å²) in [6.45, 7) is 1.98. The number of para-hydroxylation sites is 1. The van der Waals surface area contributed by atoms with Crippen molar-refractivity contribution in [3.8, 4) is 0 Å². The maximum absolute atomic E-state index is 12.8. The van der Waals surface area contributed by atoms with E-state index in [1.807, 2.05) is 0 Å². The van der Waals surface area contributed by atoms with Gasteiger partial charge in [0.15, 0.2) is 0 Å². The van der Waals surface area contributed by atoms with Gasteiger partial charge >= 0.3 is 5.97 Å². The molecule has 22 heavy (non-hydrogen) atoms. The quantitative estimate of drug-likeness (QED) is 0.863. The topological polar surface area (TPSA) is 55.4 Å². The molecule has 0 spiro atoms. The molecule has 0 unspecified atom stereocenters. The Morgan fingerprint density at radius 3 is 2.45 bits per heavy atom. The van der Waals surface area contributed by atoms with Crippen molar-refractivity contribution in [2.24, 2.45) is 0 Å². The summed E-state index contributed by atoms with van der Waals surface area (Å²) in [4.78, 5) is 23.9. The number of amides is 1. The number of carbonyl (C=O) groups is 2. The molecule has 1 amide bonds. The summed E-state index contributed by atoms with van der Waals surface area (Å²) in [6, 6.07) is 12.3. The Morgan fingerprint density at radius 2 is 1.77 bits per heavy atom. The SMILES string of the molecule is CCOC(=O)c1ccccc1NC(=O)Cc1ccc(F)cc1. The normalized spacial score (nSPS) is 10.1. The van der Waals surface area contributed by atoms with Crippen LogP contribution in [-0.2, 0) is 16.0 Å². The van der Waals surface area contributed by atoms with Crippen molar-refractivity contribution in [1.29, 1.82) is 0 Å². The fraction of sp³-hybridized carbons (Fsp3) is 0.176. The lowest BCUT2D eigenvalue weighted by Gasteiger charge is -2.10. The summed E-state index contributed by atoms with van der Waals surface area (Å²) in [5, 5.41) is 2.68. The van der Waals surface area contributed by atoms with E-state index in [1.54, 1.807) is 43.3 Å². The van der Waals surface area contributed by atoms with Crippen LogP contribution in [-0.4, -0.2) is 18.5 Å². The van der Waals surface area contributed by atoms with Crippen LogP contribution in [0.3, 0.4) is 0 Å². The molecule has 2 aromatic carbocycles. The van der Waals surface area contributed by atoms with Crippen LogP contribution in [0.4, 0.5) is 10.1 Å². The molecule has 0 aromatic heterocycles. The van der Waals surface area contributed by atoms with Crippen molar-refractivity contribution in [3.63, 3.8) is 0 Å². The number of benzene rings is 2. The molecule has 0 radical (unpaired) electrons. The third-order valence-electron chi connectivity index (χ3n) is 2.97. The number of carbonyl (C=O) groups excluding carboxylic acids is 2. The van der Waals surface area contributed by atoms with E-state index in [0.29, 0.717) is 16.8 Å². The standard InChI is InChI=1S/C17H16FNO3/c1-2-22-17(21)14-5-3-4-6-15(14)19-16(20)11-12-7-9-13(18)10-8-12/h3-10H,2,11H2,1H3,(H,19,20). The van der Waals surface area contributed by atoms with Gasteiger partial charge in [-0.1, -0.05) is 24.3 Å². The first-order valence-electron chi connectivity index (χ1n) is 6.90. The van der Waals surface area contributed by atoms with Crippen molar-refractivity contribution >= 4 is 17.6 Å². The molecule has 2 aromatic rings. The highest BCUT2D eigenvalue weighted by Gasteiger charge is 2.14. The average molecular weight is 301 g/mol. The second-order valence-corrected chi connectivity index (χ2v) is 4.62. The number of hydrogen-bond acceptors (Lipinski definition) is 3. The Labute approximate surface area is 127 Å². The Kier molecular flexibility index (Phi) is 5.25. The summed E-state index contributed by atoms with van der Waals surface area (Å²) in [7, 11) is 0. The minimum atomic E-state index is -0.486. The smallest absolute Gasteiger partial charge is 0.340 e. The largest absolute Gasteiger partial charge is 0.462 e. The predicted octanol–water partition coefficient (Wildman–Crippen LogP) is 3.18. The van der Waals surface area contributed by atoms with Gasteiger partial charge in [-0.05, 0) is 36.8 Å². The van der Waals surface area contributed by atoms with E-state index in [-0.39, 0.29) is 24.8 Å². The lowest BCUT2D eigenvalue weighted by molar-refractivity contribution is -0.115.